The van der Waals surface area contributed by atoms with E-state index < -0.39 is 0 Å². The lowest BCUT2D eigenvalue weighted by Crippen LogP contribution is -1.91. The number of aromatic amines is 1. The molecule has 0 saturated heterocycles. The minimum atomic E-state index is -0.295. The Bertz CT molecular complexity index is 157. The van der Waals surface area contributed by atoms with Crippen molar-refractivity contribution in [3.05, 3.63) is 24.0 Å². The van der Waals surface area contributed by atoms with Gasteiger partial charge in [0.05, 0.1) is 6.10 Å². The lowest BCUT2D eigenvalue weighted by molar-refractivity contribution is 0.174. The fourth-order valence-electron chi connectivity index (χ4n) is 0.780. The van der Waals surface area contributed by atoms with Gasteiger partial charge in [-0.05, 0) is 18.1 Å². The quantitative estimate of drug-likeness (QED) is 0.616. The predicted molar refractivity (Wildman–Crippen MR) is 36.0 cm³/mol. The second kappa shape index (κ2) is 2.69. The molecule has 0 radical (unpaired) electrons. The van der Waals surface area contributed by atoms with Crippen LogP contribution in [0, 0.1) is 0 Å². The molecule has 1 atom stereocenters. The van der Waals surface area contributed by atoms with E-state index >= 15 is 0 Å². The van der Waals surface area contributed by atoms with E-state index in [0.29, 0.717) is 0 Å². The van der Waals surface area contributed by atoms with Crippen LogP contribution in [0.2, 0.25) is 0 Å². The average molecular weight is 125 g/mol. The van der Waals surface area contributed by atoms with Gasteiger partial charge in [0.15, 0.2) is 0 Å². The summed E-state index contributed by atoms with van der Waals surface area (Å²) in [5, 5.41) is 9.20. The number of aliphatic hydroxyl groups is 1. The second-order valence-electron chi connectivity index (χ2n) is 2.07. The minimum Gasteiger partial charge on any atom is -0.388 e. The largest absolute Gasteiger partial charge is 0.388 e. The first-order valence-electron chi connectivity index (χ1n) is 3.15. The standard InChI is InChI=1S/C7H11NO/c1-2-7(9)6-3-4-8-5-6/h3-5,7-9H,2H2,1H3/t7-/m0/s1. The fourth-order valence-corrected chi connectivity index (χ4v) is 0.780. The molecule has 1 aromatic rings. The Morgan fingerprint density at radius 2 is 2.56 bits per heavy atom. The van der Waals surface area contributed by atoms with E-state index in [2.05, 4.69) is 4.98 Å². The van der Waals surface area contributed by atoms with Gasteiger partial charge >= 0.3 is 0 Å². The summed E-state index contributed by atoms with van der Waals surface area (Å²) in [4.78, 5) is 2.88. The van der Waals surface area contributed by atoms with Gasteiger partial charge in [-0.3, -0.25) is 0 Å². The zero-order valence-corrected chi connectivity index (χ0v) is 5.46. The van der Waals surface area contributed by atoms with Crippen molar-refractivity contribution < 1.29 is 5.11 Å². The van der Waals surface area contributed by atoms with Gasteiger partial charge in [-0.1, -0.05) is 6.92 Å². The maximum atomic E-state index is 9.20. The van der Waals surface area contributed by atoms with Crippen molar-refractivity contribution in [2.75, 3.05) is 0 Å². The molecule has 0 bridgehead atoms. The summed E-state index contributed by atoms with van der Waals surface area (Å²) in [7, 11) is 0. The molecule has 2 nitrogen and oxygen atoms in total. The van der Waals surface area contributed by atoms with E-state index in [1.807, 2.05) is 25.4 Å². The zero-order valence-electron chi connectivity index (χ0n) is 5.46. The summed E-state index contributed by atoms with van der Waals surface area (Å²) < 4.78 is 0. The van der Waals surface area contributed by atoms with Crippen molar-refractivity contribution in [2.24, 2.45) is 0 Å². The molecule has 0 amide bonds. The molecule has 9 heavy (non-hydrogen) atoms. The summed E-state index contributed by atoms with van der Waals surface area (Å²) in [5.41, 5.74) is 0.970. The minimum absolute atomic E-state index is 0.295. The molecule has 0 aliphatic heterocycles. The predicted octanol–water partition coefficient (Wildman–Crippen LogP) is 1.46. The van der Waals surface area contributed by atoms with E-state index in [9.17, 15) is 5.11 Å². The van der Waals surface area contributed by atoms with Gasteiger partial charge in [0.25, 0.3) is 0 Å². The highest BCUT2D eigenvalue weighted by molar-refractivity contribution is 5.11. The van der Waals surface area contributed by atoms with Crippen LogP contribution in [-0.2, 0) is 0 Å². The molecular weight excluding hydrogens is 114 g/mol. The second-order valence-corrected chi connectivity index (χ2v) is 2.07. The topological polar surface area (TPSA) is 36.0 Å². The summed E-state index contributed by atoms with van der Waals surface area (Å²) in [6.07, 6.45) is 4.11. The first-order chi connectivity index (χ1) is 4.34. The van der Waals surface area contributed by atoms with Gasteiger partial charge in [-0.15, -0.1) is 0 Å². The van der Waals surface area contributed by atoms with Crippen LogP contribution in [0.4, 0.5) is 0 Å². The highest BCUT2D eigenvalue weighted by Gasteiger charge is 2.02. The van der Waals surface area contributed by atoms with Gasteiger partial charge in [0.1, 0.15) is 0 Å². The van der Waals surface area contributed by atoms with Crippen LogP contribution in [0.25, 0.3) is 0 Å². The molecule has 1 heterocycles. The third kappa shape index (κ3) is 1.33. The third-order valence-corrected chi connectivity index (χ3v) is 1.39. The van der Waals surface area contributed by atoms with Crippen LogP contribution in [-0.4, -0.2) is 10.1 Å². The number of nitrogens with one attached hydrogen (secondary N) is 1. The van der Waals surface area contributed by atoms with Crippen molar-refractivity contribution >= 4 is 0 Å². The monoisotopic (exact) mass is 125 g/mol. The van der Waals surface area contributed by atoms with Crippen LogP contribution in [0.15, 0.2) is 18.5 Å². The number of H-pyrrole nitrogens is 1. The van der Waals surface area contributed by atoms with Gasteiger partial charge in [-0.2, -0.15) is 0 Å². The molecule has 0 aliphatic rings. The maximum absolute atomic E-state index is 9.20. The van der Waals surface area contributed by atoms with Crippen molar-refractivity contribution in [1.82, 2.24) is 4.98 Å². The SMILES string of the molecule is CC[C@H](O)c1cc[nH]c1. The molecule has 0 aliphatic carbocycles. The number of hydrogen-bond acceptors (Lipinski definition) is 1. The van der Waals surface area contributed by atoms with Crippen LogP contribution >= 0.6 is 0 Å². The summed E-state index contributed by atoms with van der Waals surface area (Å²) in [6, 6.07) is 1.88. The third-order valence-electron chi connectivity index (χ3n) is 1.39. The van der Waals surface area contributed by atoms with Gasteiger partial charge in [-0.25, -0.2) is 0 Å². The van der Waals surface area contributed by atoms with E-state index in [-0.39, 0.29) is 6.10 Å². The van der Waals surface area contributed by atoms with E-state index in [0.717, 1.165) is 12.0 Å². The van der Waals surface area contributed by atoms with Crippen LogP contribution < -0.4 is 0 Å². The molecule has 0 fully saturated rings. The first-order valence-corrected chi connectivity index (χ1v) is 3.15. The molecule has 2 heteroatoms. The maximum Gasteiger partial charge on any atom is 0.0802 e. The fraction of sp³-hybridized carbons (Fsp3) is 0.429. The first kappa shape index (κ1) is 6.36. The van der Waals surface area contributed by atoms with Crippen molar-refractivity contribution in [3.8, 4) is 0 Å². The smallest absolute Gasteiger partial charge is 0.0802 e. The van der Waals surface area contributed by atoms with Crippen molar-refractivity contribution in [3.63, 3.8) is 0 Å². The molecule has 2 N–H and O–H groups in total. The zero-order chi connectivity index (χ0) is 6.69. The number of rotatable bonds is 2. The lowest BCUT2D eigenvalue weighted by atomic mass is 10.1. The van der Waals surface area contributed by atoms with Crippen molar-refractivity contribution in [2.45, 2.75) is 19.4 Å². The number of aromatic nitrogens is 1. The van der Waals surface area contributed by atoms with E-state index in [1.165, 1.54) is 0 Å². The van der Waals surface area contributed by atoms with Crippen LogP contribution in [0.1, 0.15) is 25.0 Å². The van der Waals surface area contributed by atoms with Crippen LogP contribution in [0.3, 0.4) is 0 Å². The van der Waals surface area contributed by atoms with Gasteiger partial charge in [0, 0.05) is 12.4 Å². The molecule has 50 valence electrons. The normalized spacial score (nSPS) is 13.6. The Balaban J connectivity index is 2.65. The Kier molecular flexibility index (Phi) is 1.90. The molecule has 0 aromatic carbocycles. The Hall–Kier alpha value is -0.760. The summed E-state index contributed by atoms with van der Waals surface area (Å²) in [6.45, 7) is 1.96. The van der Waals surface area contributed by atoms with E-state index in [1.54, 1.807) is 0 Å². The van der Waals surface area contributed by atoms with E-state index in [4.69, 9.17) is 0 Å². The lowest BCUT2D eigenvalue weighted by Gasteiger charge is -2.01. The molecule has 0 saturated carbocycles. The highest BCUT2D eigenvalue weighted by atomic mass is 16.3. The van der Waals surface area contributed by atoms with Gasteiger partial charge < -0.3 is 10.1 Å². The van der Waals surface area contributed by atoms with Crippen LogP contribution in [0.5, 0.6) is 0 Å². The Morgan fingerprint density at radius 3 is 3.00 bits per heavy atom. The summed E-state index contributed by atoms with van der Waals surface area (Å²) >= 11 is 0. The molecule has 1 rings (SSSR count). The summed E-state index contributed by atoms with van der Waals surface area (Å²) in [5.74, 6) is 0. The Morgan fingerprint density at radius 1 is 1.78 bits per heavy atom. The molecule has 1 aromatic heterocycles. The molecule has 0 unspecified atom stereocenters. The van der Waals surface area contributed by atoms with Crippen molar-refractivity contribution in [1.29, 1.82) is 0 Å². The molecular formula is C7H11NO. The highest BCUT2D eigenvalue weighted by Crippen LogP contribution is 2.13. The van der Waals surface area contributed by atoms with Gasteiger partial charge in [0.2, 0.25) is 0 Å². The Labute approximate surface area is 54.5 Å². The number of hydrogen-bond donors (Lipinski definition) is 2. The average Bonchev–Trinajstić information content (AvgIpc) is 2.37. The number of aliphatic hydroxyl groups excluding tert-OH is 1. The molecule has 0 spiro atoms.